The Balaban J connectivity index is 2.29. The summed E-state index contributed by atoms with van der Waals surface area (Å²) in [5, 5.41) is 11.7. The molecule has 3 heteroatoms. The molecule has 1 rings (SSSR count). The van der Waals surface area contributed by atoms with Gasteiger partial charge in [0.15, 0.2) is 0 Å². The Morgan fingerprint density at radius 1 is 1.20 bits per heavy atom. The lowest BCUT2D eigenvalue weighted by Crippen LogP contribution is -2.29. The number of carbonyl (C=O) groups excluding carboxylic acids is 1. The van der Waals surface area contributed by atoms with Crippen LogP contribution < -0.4 is 5.32 Å². The summed E-state index contributed by atoms with van der Waals surface area (Å²) in [7, 11) is 0. The molecule has 15 heavy (non-hydrogen) atoms. The molecule has 1 amide bonds. The van der Waals surface area contributed by atoms with Crippen LogP contribution >= 0.6 is 0 Å². The van der Waals surface area contributed by atoms with Gasteiger partial charge in [-0.25, -0.2) is 0 Å². The van der Waals surface area contributed by atoms with Gasteiger partial charge in [0.2, 0.25) is 5.91 Å². The highest BCUT2D eigenvalue weighted by Crippen LogP contribution is 2.62. The van der Waals surface area contributed by atoms with Crippen LogP contribution in [0.15, 0.2) is 0 Å². The summed E-state index contributed by atoms with van der Waals surface area (Å²) < 4.78 is 0. The predicted molar refractivity (Wildman–Crippen MR) is 60.4 cm³/mol. The first kappa shape index (κ1) is 12.5. The average molecular weight is 213 g/mol. The summed E-state index contributed by atoms with van der Waals surface area (Å²) in [4.78, 5) is 11.6. The molecule has 1 fully saturated rings. The van der Waals surface area contributed by atoms with Gasteiger partial charge in [-0.2, -0.15) is 0 Å². The summed E-state index contributed by atoms with van der Waals surface area (Å²) in [6, 6.07) is 0.298. The van der Waals surface area contributed by atoms with Gasteiger partial charge in [0.25, 0.3) is 0 Å². The molecule has 0 aromatic heterocycles. The molecule has 3 nitrogen and oxygen atoms in total. The summed E-state index contributed by atoms with van der Waals surface area (Å²) in [5.74, 6) is 0.118. The van der Waals surface area contributed by atoms with E-state index in [0.717, 1.165) is 6.42 Å². The molecular formula is C12H23NO2. The number of aliphatic hydroxyl groups is 1. The molecule has 0 heterocycles. The summed E-state index contributed by atoms with van der Waals surface area (Å²) >= 11 is 0. The van der Waals surface area contributed by atoms with E-state index >= 15 is 0 Å². The maximum atomic E-state index is 11.6. The van der Waals surface area contributed by atoms with Crippen molar-refractivity contribution in [2.24, 2.45) is 10.8 Å². The van der Waals surface area contributed by atoms with Gasteiger partial charge in [0.05, 0.1) is 0 Å². The van der Waals surface area contributed by atoms with Crippen LogP contribution in [0.25, 0.3) is 0 Å². The summed E-state index contributed by atoms with van der Waals surface area (Å²) in [6.45, 7) is 8.92. The third-order valence-corrected chi connectivity index (χ3v) is 4.14. The third-order valence-electron chi connectivity index (χ3n) is 4.14. The number of rotatable bonds is 5. The Kier molecular flexibility index (Phi) is 3.44. The molecule has 1 saturated carbocycles. The molecule has 1 aliphatic rings. The van der Waals surface area contributed by atoms with Gasteiger partial charge in [0.1, 0.15) is 0 Å². The summed E-state index contributed by atoms with van der Waals surface area (Å²) in [5.41, 5.74) is 0.416. The van der Waals surface area contributed by atoms with E-state index in [4.69, 9.17) is 5.11 Å². The van der Waals surface area contributed by atoms with Crippen molar-refractivity contribution in [1.29, 1.82) is 0 Å². The zero-order valence-electron chi connectivity index (χ0n) is 10.3. The first-order chi connectivity index (χ1) is 6.84. The molecule has 88 valence electrons. The lowest BCUT2D eigenvalue weighted by molar-refractivity contribution is -0.121. The molecule has 0 unspecified atom stereocenters. The lowest BCUT2D eigenvalue weighted by Gasteiger charge is -2.06. The van der Waals surface area contributed by atoms with E-state index in [1.807, 2.05) is 0 Å². The molecule has 1 aliphatic carbocycles. The van der Waals surface area contributed by atoms with Gasteiger partial charge in [-0.3, -0.25) is 4.79 Å². The number of hydrogen-bond acceptors (Lipinski definition) is 2. The Labute approximate surface area is 92.3 Å². The Hall–Kier alpha value is -0.570. The van der Waals surface area contributed by atoms with Crippen LogP contribution in [-0.4, -0.2) is 23.7 Å². The van der Waals surface area contributed by atoms with Crippen LogP contribution in [0.5, 0.6) is 0 Å². The standard InChI is InChI=1S/C12H23NO2/c1-11(2)10(12(11,3)4)13-9(15)7-5-6-8-14/h10,14H,5-8H2,1-4H3,(H,13,15). The van der Waals surface area contributed by atoms with Crippen LogP contribution in [0.2, 0.25) is 0 Å². The maximum Gasteiger partial charge on any atom is 0.220 e. The number of hydrogen-bond donors (Lipinski definition) is 2. The van der Waals surface area contributed by atoms with E-state index in [1.54, 1.807) is 0 Å². The molecule has 0 atom stereocenters. The minimum absolute atomic E-state index is 0.118. The predicted octanol–water partition coefficient (Wildman–Crippen LogP) is 1.70. The topological polar surface area (TPSA) is 49.3 Å². The highest BCUT2D eigenvalue weighted by molar-refractivity contribution is 5.77. The molecule has 0 aromatic carbocycles. The number of unbranched alkanes of at least 4 members (excludes halogenated alkanes) is 1. The van der Waals surface area contributed by atoms with Gasteiger partial charge in [-0.05, 0) is 23.7 Å². The fraction of sp³-hybridized carbons (Fsp3) is 0.917. The Bertz CT molecular complexity index is 232. The van der Waals surface area contributed by atoms with Crippen molar-refractivity contribution in [3.8, 4) is 0 Å². The second kappa shape index (κ2) is 4.12. The van der Waals surface area contributed by atoms with Crippen molar-refractivity contribution in [3.63, 3.8) is 0 Å². The van der Waals surface area contributed by atoms with Crippen molar-refractivity contribution in [2.45, 2.75) is 53.0 Å². The average Bonchev–Trinajstić information content (AvgIpc) is 2.49. The van der Waals surface area contributed by atoms with Gasteiger partial charge < -0.3 is 10.4 Å². The van der Waals surface area contributed by atoms with E-state index in [1.165, 1.54) is 0 Å². The van der Waals surface area contributed by atoms with Gasteiger partial charge in [0, 0.05) is 19.1 Å². The van der Waals surface area contributed by atoms with Crippen molar-refractivity contribution >= 4 is 5.91 Å². The molecular weight excluding hydrogens is 190 g/mol. The van der Waals surface area contributed by atoms with Gasteiger partial charge in [-0.15, -0.1) is 0 Å². The van der Waals surface area contributed by atoms with Gasteiger partial charge >= 0.3 is 0 Å². The monoisotopic (exact) mass is 213 g/mol. The highest BCUT2D eigenvalue weighted by Gasteiger charge is 2.65. The van der Waals surface area contributed by atoms with Gasteiger partial charge in [-0.1, -0.05) is 27.7 Å². The van der Waals surface area contributed by atoms with Crippen LogP contribution in [0, 0.1) is 10.8 Å². The van der Waals surface area contributed by atoms with E-state index in [-0.39, 0.29) is 23.3 Å². The van der Waals surface area contributed by atoms with E-state index in [9.17, 15) is 4.79 Å². The van der Waals surface area contributed by atoms with E-state index in [0.29, 0.717) is 18.9 Å². The number of amides is 1. The largest absolute Gasteiger partial charge is 0.396 e. The zero-order chi connectivity index (χ0) is 11.7. The van der Waals surface area contributed by atoms with Crippen molar-refractivity contribution in [1.82, 2.24) is 5.32 Å². The maximum absolute atomic E-state index is 11.6. The molecule has 0 aliphatic heterocycles. The molecule has 0 bridgehead atoms. The van der Waals surface area contributed by atoms with E-state index in [2.05, 4.69) is 33.0 Å². The first-order valence-corrected chi connectivity index (χ1v) is 5.74. The lowest BCUT2D eigenvalue weighted by atomic mass is 10.0. The molecule has 2 N–H and O–H groups in total. The smallest absolute Gasteiger partial charge is 0.220 e. The van der Waals surface area contributed by atoms with E-state index < -0.39 is 0 Å². The van der Waals surface area contributed by atoms with Crippen LogP contribution in [0.3, 0.4) is 0 Å². The van der Waals surface area contributed by atoms with Crippen LogP contribution in [0.1, 0.15) is 47.0 Å². The molecule has 0 spiro atoms. The van der Waals surface area contributed by atoms with Crippen molar-refractivity contribution in [3.05, 3.63) is 0 Å². The van der Waals surface area contributed by atoms with Crippen LogP contribution in [0.4, 0.5) is 0 Å². The molecule has 0 aromatic rings. The molecule has 0 saturated heterocycles. The SMILES string of the molecule is CC1(C)C(NC(=O)CCCCO)C1(C)C. The Morgan fingerprint density at radius 2 is 1.73 bits per heavy atom. The van der Waals surface area contributed by atoms with Crippen LogP contribution in [-0.2, 0) is 4.79 Å². The molecule has 0 radical (unpaired) electrons. The number of carbonyl (C=O) groups is 1. The number of nitrogens with one attached hydrogen (secondary N) is 1. The normalized spacial score (nSPS) is 22.5. The minimum Gasteiger partial charge on any atom is -0.396 e. The quantitative estimate of drug-likeness (QED) is 0.683. The second-order valence-corrected chi connectivity index (χ2v) is 5.62. The fourth-order valence-corrected chi connectivity index (χ4v) is 2.19. The van der Waals surface area contributed by atoms with Crippen molar-refractivity contribution in [2.75, 3.05) is 6.61 Å². The number of aliphatic hydroxyl groups excluding tert-OH is 1. The first-order valence-electron chi connectivity index (χ1n) is 5.74. The highest BCUT2D eigenvalue weighted by atomic mass is 16.2. The fourth-order valence-electron chi connectivity index (χ4n) is 2.19. The second-order valence-electron chi connectivity index (χ2n) is 5.62. The third kappa shape index (κ3) is 2.33. The minimum atomic E-state index is 0.118. The van der Waals surface area contributed by atoms with Crippen molar-refractivity contribution < 1.29 is 9.90 Å². The Morgan fingerprint density at radius 3 is 2.13 bits per heavy atom. The zero-order valence-corrected chi connectivity index (χ0v) is 10.3. The summed E-state index contributed by atoms with van der Waals surface area (Å²) in [6.07, 6.45) is 2.02.